The molecule has 1 heterocycles. The standard InChI is InChI=1S/C15H16F2OS/c16-12-6-7-15(17)11(9-12)10-13(18)3-1-4-14-5-2-8-19-14/h2,5-9,13,18H,1,3-4,10H2. The quantitative estimate of drug-likeness (QED) is 0.850. The number of aliphatic hydroxyl groups is 1. The van der Waals surface area contributed by atoms with E-state index in [1.54, 1.807) is 11.3 Å². The first-order valence-electron chi connectivity index (χ1n) is 6.29. The van der Waals surface area contributed by atoms with E-state index in [4.69, 9.17) is 0 Å². The Morgan fingerprint density at radius 3 is 2.79 bits per heavy atom. The van der Waals surface area contributed by atoms with Crippen LogP contribution in [0.2, 0.25) is 0 Å². The lowest BCUT2D eigenvalue weighted by molar-refractivity contribution is 0.161. The summed E-state index contributed by atoms with van der Waals surface area (Å²) < 4.78 is 26.4. The highest BCUT2D eigenvalue weighted by molar-refractivity contribution is 7.09. The third-order valence-corrected chi connectivity index (χ3v) is 3.94. The highest BCUT2D eigenvalue weighted by atomic mass is 32.1. The van der Waals surface area contributed by atoms with Gasteiger partial charge in [0.2, 0.25) is 0 Å². The van der Waals surface area contributed by atoms with E-state index in [0.29, 0.717) is 6.42 Å². The fourth-order valence-corrected chi connectivity index (χ4v) is 2.77. The molecule has 1 aromatic carbocycles. The van der Waals surface area contributed by atoms with Gasteiger partial charge in [0, 0.05) is 11.3 Å². The molecule has 0 saturated carbocycles. The van der Waals surface area contributed by atoms with Crippen LogP contribution >= 0.6 is 11.3 Å². The summed E-state index contributed by atoms with van der Waals surface area (Å²) in [7, 11) is 0. The summed E-state index contributed by atoms with van der Waals surface area (Å²) >= 11 is 1.69. The highest BCUT2D eigenvalue weighted by Gasteiger charge is 2.10. The van der Waals surface area contributed by atoms with Crippen molar-refractivity contribution in [2.45, 2.75) is 31.8 Å². The van der Waals surface area contributed by atoms with E-state index in [1.165, 1.54) is 4.88 Å². The second-order valence-electron chi connectivity index (χ2n) is 4.57. The largest absolute Gasteiger partial charge is 0.393 e. The fraction of sp³-hybridized carbons (Fsp3) is 0.333. The van der Waals surface area contributed by atoms with Crippen LogP contribution in [-0.2, 0) is 12.8 Å². The summed E-state index contributed by atoms with van der Waals surface area (Å²) in [5.74, 6) is -0.930. The molecule has 102 valence electrons. The minimum absolute atomic E-state index is 0.161. The lowest BCUT2D eigenvalue weighted by Gasteiger charge is -2.11. The Morgan fingerprint density at radius 2 is 2.05 bits per heavy atom. The van der Waals surface area contributed by atoms with Gasteiger partial charge in [0.15, 0.2) is 0 Å². The predicted octanol–water partition coefficient (Wildman–Crippen LogP) is 3.95. The molecule has 0 saturated heterocycles. The average Bonchev–Trinajstić information content (AvgIpc) is 2.87. The highest BCUT2D eigenvalue weighted by Crippen LogP contribution is 2.16. The summed E-state index contributed by atoms with van der Waals surface area (Å²) in [6.45, 7) is 0. The molecule has 1 unspecified atom stereocenters. The van der Waals surface area contributed by atoms with Crippen molar-refractivity contribution in [1.29, 1.82) is 0 Å². The maximum atomic E-state index is 13.4. The van der Waals surface area contributed by atoms with Gasteiger partial charge >= 0.3 is 0 Å². The smallest absolute Gasteiger partial charge is 0.126 e. The van der Waals surface area contributed by atoms with Crippen LogP contribution in [-0.4, -0.2) is 11.2 Å². The number of thiophene rings is 1. The molecule has 2 rings (SSSR count). The van der Waals surface area contributed by atoms with Crippen LogP contribution in [0.5, 0.6) is 0 Å². The van der Waals surface area contributed by atoms with Crippen LogP contribution in [0.4, 0.5) is 8.78 Å². The number of aliphatic hydroxyl groups excluding tert-OH is 1. The van der Waals surface area contributed by atoms with Gasteiger partial charge in [-0.05, 0) is 54.5 Å². The molecule has 2 aromatic rings. The maximum absolute atomic E-state index is 13.4. The van der Waals surface area contributed by atoms with Gasteiger partial charge in [0.05, 0.1) is 6.10 Å². The Labute approximate surface area is 115 Å². The van der Waals surface area contributed by atoms with E-state index in [0.717, 1.165) is 31.0 Å². The molecule has 19 heavy (non-hydrogen) atoms. The normalized spacial score (nSPS) is 12.6. The van der Waals surface area contributed by atoms with Crippen molar-refractivity contribution in [2.24, 2.45) is 0 Å². The number of halogens is 2. The Hall–Kier alpha value is -1.26. The number of aryl methyl sites for hydroxylation is 1. The Balaban J connectivity index is 1.80. The number of hydrogen-bond acceptors (Lipinski definition) is 2. The van der Waals surface area contributed by atoms with Gasteiger partial charge in [-0.1, -0.05) is 6.07 Å². The topological polar surface area (TPSA) is 20.2 Å². The monoisotopic (exact) mass is 282 g/mol. The first kappa shape index (κ1) is 14.2. The van der Waals surface area contributed by atoms with Crippen LogP contribution in [0.25, 0.3) is 0 Å². The molecular formula is C15H16F2OS. The zero-order chi connectivity index (χ0) is 13.7. The summed E-state index contributed by atoms with van der Waals surface area (Å²) in [5.41, 5.74) is 0.239. The van der Waals surface area contributed by atoms with E-state index < -0.39 is 17.7 Å². The number of hydrogen-bond donors (Lipinski definition) is 1. The second kappa shape index (κ2) is 6.78. The lowest BCUT2D eigenvalue weighted by Crippen LogP contribution is -2.12. The zero-order valence-corrected chi connectivity index (χ0v) is 11.3. The van der Waals surface area contributed by atoms with Crippen LogP contribution in [0.15, 0.2) is 35.7 Å². The number of benzene rings is 1. The summed E-state index contributed by atoms with van der Waals surface area (Å²) in [4.78, 5) is 1.28. The van der Waals surface area contributed by atoms with Crippen LogP contribution in [0.1, 0.15) is 23.3 Å². The minimum atomic E-state index is -0.628. The molecule has 1 nitrogen and oxygen atoms in total. The molecule has 4 heteroatoms. The Morgan fingerprint density at radius 1 is 1.21 bits per heavy atom. The van der Waals surface area contributed by atoms with E-state index in [-0.39, 0.29) is 12.0 Å². The third kappa shape index (κ3) is 4.40. The van der Waals surface area contributed by atoms with Crippen LogP contribution in [0.3, 0.4) is 0 Å². The molecule has 0 spiro atoms. The van der Waals surface area contributed by atoms with Crippen molar-refractivity contribution < 1.29 is 13.9 Å². The van der Waals surface area contributed by atoms with Crippen molar-refractivity contribution in [1.82, 2.24) is 0 Å². The fourth-order valence-electron chi connectivity index (χ4n) is 2.02. The first-order valence-corrected chi connectivity index (χ1v) is 7.17. The van der Waals surface area contributed by atoms with Gasteiger partial charge in [-0.15, -0.1) is 11.3 Å². The molecule has 0 aliphatic carbocycles. The average molecular weight is 282 g/mol. The van der Waals surface area contributed by atoms with E-state index >= 15 is 0 Å². The molecular weight excluding hydrogens is 266 g/mol. The van der Waals surface area contributed by atoms with Gasteiger partial charge in [-0.2, -0.15) is 0 Å². The molecule has 0 aliphatic rings. The Bertz CT molecular complexity index is 511. The van der Waals surface area contributed by atoms with E-state index in [1.807, 2.05) is 11.4 Å². The van der Waals surface area contributed by atoms with Crippen molar-refractivity contribution in [3.8, 4) is 0 Å². The number of rotatable bonds is 6. The molecule has 0 amide bonds. The minimum Gasteiger partial charge on any atom is -0.393 e. The molecule has 0 fully saturated rings. The van der Waals surface area contributed by atoms with Crippen molar-refractivity contribution >= 4 is 11.3 Å². The van der Waals surface area contributed by atoms with Gasteiger partial charge < -0.3 is 5.11 Å². The van der Waals surface area contributed by atoms with E-state index in [2.05, 4.69) is 6.07 Å². The predicted molar refractivity (Wildman–Crippen MR) is 73.3 cm³/mol. The maximum Gasteiger partial charge on any atom is 0.126 e. The molecule has 1 N–H and O–H groups in total. The molecule has 1 atom stereocenters. The summed E-state index contributed by atoms with van der Waals surface area (Å²) in [6, 6.07) is 7.39. The first-order chi connectivity index (χ1) is 9.15. The molecule has 0 radical (unpaired) electrons. The van der Waals surface area contributed by atoms with Crippen LogP contribution < -0.4 is 0 Å². The van der Waals surface area contributed by atoms with Crippen molar-refractivity contribution in [3.05, 3.63) is 57.8 Å². The van der Waals surface area contributed by atoms with Crippen LogP contribution in [0, 0.1) is 11.6 Å². The van der Waals surface area contributed by atoms with E-state index in [9.17, 15) is 13.9 Å². The van der Waals surface area contributed by atoms with Gasteiger partial charge in [0.1, 0.15) is 11.6 Å². The van der Waals surface area contributed by atoms with Gasteiger partial charge in [0.25, 0.3) is 0 Å². The Kier molecular flexibility index (Phi) is 5.05. The SMILES string of the molecule is OC(CCCc1cccs1)Cc1cc(F)ccc1F. The zero-order valence-electron chi connectivity index (χ0n) is 10.5. The molecule has 0 bridgehead atoms. The summed E-state index contributed by atoms with van der Waals surface area (Å²) in [5, 5.41) is 11.9. The van der Waals surface area contributed by atoms with Gasteiger partial charge in [-0.25, -0.2) is 8.78 Å². The summed E-state index contributed by atoms with van der Waals surface area (Å²) in [6.07, 6.45) is 1.89. The van der Waals surface area contributed by atoms with Crippen molar-refractivity contribution in [3.63, 3.8) is 0 Å². The lowest BCUT2D eigenvalue weighted by atomic mass is 10.0. The molecule has 0 aliphatic heterocycles. The van der Waals surface area contributed by atoms with Crippen molar-refractivity contribution in [2.75, 3.05) is 0 Å². The molecule has 1 aromatic heterocycles. The second-order valence-corrected chi connectivity index (χ2v) is 5.60. The van der Waals surface area contributed by atoms with Gasteiger partial charge in [-0.3, -0.25) is 0 Å². The third-order valence-electron chi connectivity index (χ3n) is 3.00.